The van der Waals surface area contributed by atoms with E-state index in [1.807, 2.05) is 31.2 Å². The molecule has 0 aliphatic carbocycles. The van der Waals surface area contributed by atoms with Crippen LogP contribution in [0.4, 0.5) is 0 Å². The Morgan fingerprint density at radius 3 is 2.67 bits per heavy atom. The van der Waals surface area contributed by atoms with Crippen LogP contribution in [0.3, 0.4) is 0 Å². The molecule has 0 fully saturated rings. The summed E-state index contributed by atoms with van der Waals surface area (Å²) < 4.78 is 0. The van der Waals surface area contributed by atoms with E-state index in [4.69, 9.17) is 5.26 Å². The Morgan fingerprint density at radius 1 is 1.33 bits per heavy atom. The highest BCUT2D eigenvalue weighted by molar-refractivity contribution is 5.14. The third-order valence-corrected chi connectivity index (χ3v) is 2.14. The molecule has 1 rings (SSSR count). The molecule has 0 atom stereocenters. The van der Waals surface area contributed by atoms with E-state index in [2.05, 4.69) is 29.2 Å². The summed E-state index contributed by atoms with van der Waals surface area (Å²) in [5.41, 5.74) is 1.25. The maximum atomic E-state index is 8.70. The number of hydrogen-bond acceptors (Lipinski definition) is 2. The highest BCUT2D eigenvalue weighted by Crippen LogP contribution is 2.03. The van der Waals surface area contributed by atoms with Gasteiger partial charge in [-0.2, -0.15) is 5.26 Å². The Morgan fingerprint density at radius 2 is 2.07 bits per heavy atom. The van der Waals surface area contributed by atoms with Crippen molar-refractivity contribution in [3.05, 3.63) is 48.0 Å². The first-order chi connectivity index (χ1) is 7.36. The molecule has 0 unspecified atom stereocenters. The van der Waals surface area contributed by atoms with E-state index < -0.39 is 0 Å². The lowest BCUT2D eigenvalue weighted by atomic mass is 10.2. The fourth-order valence-electron chi connectivity index (χ4n) is 1.38. The van der Waals surface area contributed by atoms with E-state index in [0.717, 1.165) is 13.1 Å². The van der Waals surface area contributed by atoms with Gasteiger partial charge in [0.2, 0.25) is 0 Å². The molecule has 0 amide bonds. The summed E-state index contributed by atoms with van der Waals surface area (Å²) in [5, 5.41) is 8.70. The molecule has 78 valence electrons. The minimum atomic E-state index is 0.471. The number of hydrogen-bond donors (Lipinski definition) is 0. The van der Waals surface area contributed by atoms with Crippen LogP contribution in [0.2, 0.25) is 0 Å². The average Bonchev–Trinajstić information content (AvgIpc) is 2.28. The monoisotopic (exact) mass is 200 g/mol. The minimum absolute atomic E-state index is 0.471. The van der Waals surface area contributed by atoms with Crippen molar-refractivity contribution in [1.82, 2.24) is 4.90 Å². The van der Waals surface area contributed by atoms with Crippen LogP contribution in [-0.4, -0.2) is 18.0 Å². The van der Waals surface area contributed by atoms with Gasteiger partial charge in [-0.15, -0.1) is 0 Å². The second-order valence-corrected chi connectivity index (χ2v) is 3.38. The summed E-state index contributed by atoms with van der Waals surface area (Å²) >= 11 is 0. The van der Waals surface area contributed by atoms with Gasteiger partial charge in [-0.1, -0.05) is 42.5 Å². The molecule has 2 heteroatoms. The van der Waals surface area contributed by atoms with Crippen LogP contribution in [0.25, 0.3) is 0 Å². The zero-order valence-corrected chi connectivity index (χ0v) is 9.06. The zero-order chi connectivity index (χ0) is 10.9. The first kappa shape index (κ1) is 11.5. The molecule has 0 aliphatic rings. The van der Waals surface area contributed by atoms with E-state index in [1.165, 1.54) is 5.56 Å². The van der Waals surface area contributed by atoms with Crippen LogP contribution in [0.1, 0.15) is 12.5 Å². The molecule has 0 aromatic heterocycles. The number of nitriles is 1. The van der Waals surface area contributed by atoms with Crippen molar-refractivity contribution in [1.29, 1.82) is 5.26 Å². The van der Waals surface area contributed by atoms with Crippen molar-refractivity contribution in [2.24, 2.45) is 0 Å². The van der Waals surface area contributed by atoms with E-state index in [1.54, 1.807) is 0 Å². The number of benzene rings is 1. The fourth-order valence-corrected chi connectivity index (χ4v) is 1.38. The molecule has 0 aliphatic heterocycles. The molecule has 0 heterocycles. The number of allylic oxidation sites excluding steroid dienone is 1. The van der Waals surface area contributed by atoms with Crippen LogP contribution >= 0.6 is 0 Å². The summed E-state index contributed by atoms with van der Waals surface area (Å²) in [7, 11) is 0. The SMILES string of the molecule is CC=CCN(CC#N)Cc1ccccc1. The first-order valence-corrected chi connectivity index (χ1v) is 5.11. The van der Waals surface area contributed by atoms with Crippen molar-refractivity contribution in [3.8, 4) is 6.07 Å². The highest BCUT2D eigenvalue weighted by Gasteiger charge is 2.02. The van der Waals surface area contributed by atoms with E-state index in [-0.39, 0.29) is 0 Å². The summed E-state index contributed by atoms with van der Waals surface area (Å²) in [6.07, 6.45) is 4.08. The molecular weight excluding hydrogens is 184 g/mol. The largest absolute Gasteiger partial charge is 0.283 e. The van der Waals surface area contributed by atoms with Crippen molar-refractivity contribution in [3.63, 3.8) is 0 Å². The number of nitrogens with zero attached hydrogens (tertiary/aromatic N) is 2. The summed E-state index contributed by atoms with van der Waals surface area (Å²) in [4.78, 5) is 2.11. The van der Waals surface area contributed by atoms with Crippen molar-refractivity contribution in [2.45, 2.75) is 13.5 Å². The Bertz CT molecular complexity index is 335. The van der Waals surface area contributed by atoms with Gasteiger partial charge in [-0.3, -0.25) is 4.90 Å². The highest BCUT2D eigenvalue weighted by atomic mass is 15.1. The molecule has 1 aromatic carbocycles. The number of rotatable bonds is 5. The Hall–Kier alpha value is -1.59. The van der Waals surface area contributed by atoms with Crippen LogP contribution in [-0.2, 0) is 6.54 Å². The lowest BCUT2D eigenvalue weighted by Gasteiger charge is -2.16. The van der Waals surface area contributed by atoms with E-state index >= 15 is 0 Å². The summed E-state index contributed by atoms with van der Waals surface area (Å²) in [6.45, 7) is 4.13. The molecule has 0 N–H and O–H groups in total. The quantitative estimate of drug-likeness (QED) is 0.539. The topological polar surface area (TPSA) is 27.0 Å². The standard InChI is InChI=1S/C13H16N2/c1-2-3-10-15(11-9-14)12-13-7-5-4-6-8-13/h2-8H,10-12H2,1H3. The molecule has 15 heavy (non-hydrogen) atoms. The zero-order valence-electron chi connectivity index (χ0n) is 9.06. The van der Waals surface area contributed by atoms with Gasteiger partial charge >= 0.3 is 0 Å². The van der Waals surface area contributed by atoms with Gasteiger partial charge in [0, 0.05) is 13.1 Å². The van der Waals surface area contributed by atoms with Gasteiger partial charge in [0.05, 0.1) is 12.6 Å². The van der Waals surface area contributed by atoms with Gasteiger partial charge in [0.15, 0.2) is 0 Å². The van der Waals surface area contributed by atoms with Gasteiger partial charge in [-0.05, 0) is 12.5 Å². The summed E-state index contributed by atoms with van der Waals surface area (Å²) in [5.74, 6) is 0. The normalized spacial score (nSPS) is 10.7. The molecule has 2 nitrogen and oxygen atoms in total. The predicted molar refractivity (Wildman–Crippen MR) is 62.1 cm³/mol. The lowest BCUT2D eigenvalue weighted by molar-refractivity contribution is 0.331. The fraction of sp³-hybridized carbons (Fsp3) is 0.308. The first-order valence-electron chi connectivity index (χ1n) is 5.11. The molecule has 0 saturated heterocycles. The molecule has 0 saturated carbocycles. The molecule has 0 radical (unpaired) electrons. The van der Waals surface area contributed by atoms with Gasteiger partial charge in [0.25, 0.3) is 0 Å². The van der Waals surface area contributed by atoms with E-state index in [9.17, 15) is 0 Å². The van der Waals surface area contributed by atoms with Gasteiger partial charge in [-0.25, -0.2) is 0 Å². The molecule has 0 bridgehead atoms. The Balaban J connectivity index is 2.55. The Labute approximate surface area is 91.4 Å². The van der Waals surface area contributed by atoms with Crippen LogP contribution < -0.4 is 0 Å². The predicted octanol–water partition coefficient (Wildman–Crippen LogP) is 2.59. The average molecular weight is 200 g/mol. The minimum Gasteiger partial charge on any atom is -0.283 e. The summed E-state index contributed by atoms with van der Waals surface area (Å²) in [6, 6.07) is 12.4. The van der Waals surface area contributed by atoms with Crippen molar-refractivity contribution in [2.75, 3.05) is 13.1 Å². The van der Waals surface area contributed by atoms with Crippen LogP contribution in [0.15, 0.2) is 42.5 Å². The van der Waals surface area contributed by atoms with Crippen LogP contribution in [0, 0.1) is 11.3 Å². The molecule has 0 spiro atoms. The van der Waals surface area contributed by atoms with Gasteiger partial charge in [0.1, 0.15) is 0 Å². The second-order valence-electron chi connectivity index (χ2n) is 3.38. The second kappa shape index (κ2) is 6.80. The molecular formula is C13H16N2. The maximum absolute atomic E-state index is 8.70. The van der Waals surface area contributed by atoms with Crippen molar-refractivity contribution >= 4 is 0 Å². The van der Waals surface area contributed by atoms with Gasteiger partial charge < -0.3 is 0 Å². The Kier molecular flexibility index (Phi) is 5.21. The molecule has 1 aromatic rings. The van der Waals surface area contributed by atoms with Crippen LogP contribution in [0.5, 0.6) is 0 Å². The van der Waals surface area contributed by atoms with E-state index in [0.29, 0.717) is 6.54 Å². The van der Waals surface area contributed by atoms with Crippen molar-refractivity contribution < 1.29 is 0 Å². The third kappa shape index (κ3) is 4.44. The maximum Gasteiger partial charge on any atom is 0.0871 e. The lowest BCUT2D eigenvalue weighted by Crippen LogP contribution is -2.23. The smallest absolute Gasteiger partial charge is 0.0871 e. The third-order valence-electron chi connectivity index (χ3n) is 2.14.